The number of benzene rings is 5. The predicted molar refractivity (Wildman–Crippen MR) is 141 cm³/mol. The Bertz CT molecular complexity index is 1310. The summed E-state index contributed by atoms with van der Waals surface area (Å²) in [6.07, 6.45) is 0. The van der Waals surface area contributed by atoms with Gasteiger partial charge in [0, 0.05) is 0 Å². The van der Waals surface area contributed by atoms with Crippen LogP contribution >= 0.6 is 9.24 Å². The third-order valence-electron chi connectivity index (χ3n) is 5.26. The molecule has 0 radical (unpaired) electrons. The van der Waals surface area contributed by atoms with Gasteiger partial charge in [-0.05, 0) is 55.0 Å². The predicted octanol–water partition coefficient (Wildman–Crippen LogP) is 6.01. The molecule has 2 N–H and O–H groups in total. The van der Waals surface area contributed by atoms with Crippen molar-refractivity contribution in [3.8, 4) is 11.1 Å². The monoisotopic (exact) mass is 426 g/mol. The zero-order valence-electron chi connectivity index (χ0n) is 18.2. The van der Waals surface area contributed by atoms with Crippen LogP contribution < -0.4 is 5.46 Å². The molecule has 5 aromatic rings. The molecule has 0 amide bonds. The average Bonchev–Trinajstić information content (AvgIpc) is 2.85. The van der Waals surface area contributed by atoms with Gasteiger partial charge in [-0.15, -0.1) is 9.24 Å². The fourth-order valence-corrected chi connectivity index (χ4v) is 3.96. The number of hydrogen-bond acceptors (Lipinski definition) is 2. The van der Waals surface area contributed by atoms with Gasteiger partial charge in [0.2, 0.25) is 0 Å². The zero-order valence-corrected chi connectivity index (χ0v) is 19.4. The van der Waals surface area contributed by atoms with E-state index in [4.69, 9.17) is 0 Å². The first-order valence-corrected chi connectivity index (χ1v) is 11.8. The van der Waals surface area contributed by atoms with Crippen LogP contribution in [0.15, 0.2) is 91.0 Å². The molecule has 0 bridgehead atoms. The molecule has 0 heterocycles. The first-order valence-electron chi connectivity index (χ1n) is 10.6. The van der Waals surface area contributed by atoms with E-state index in [1.54, 1.807) is 6.07 Å². The van der Waals surface area contributed by atoms with Gasteiger partial charge in [0.1, 0.15) is 0 Å². The van der Waals surface area contributed by atoms with Gasteiger partial charge in [-0.25, -0.2) is 0 Å². The lowest BCUT2D eigenvalue weighted by Crippen LogP contribution is -2.29. The van der Waals surface area contributed by atoms with Crippen LogP contribution in [0.3, 0.4) is 0 Å². The summed E-state index contributed by atoms with van der Waals surface area (Å²) in [5.74, 6) is 0. The Morgan fingerprint density at radius 1 is 0.548 bits per heavy atom. The molecule has 1 atom stereocenters. The van der Waals surface area contributed by atoms with Crippen LogP contribution in [0.5, 0.6) is 0 Å². The van der Waals surface area contributed by atoms with E-state index in [-0.39, 0.29) is 0 Å². The van der Waals surface area contributed by atoms with Gasteiger partial charge in [-0.2, -0.15) is 0 Å². The summed E-state index contributed by atoms with van der Waals surface area (Å²) in [6.45, 7) is 5.92. The lowest BCUT2D eigenvalue weighted by Gasteiger charge is -2.14. The molecule has 2 nitrogen and oxygen atoms in total. The molecule has 0 aliphatic carbocycles. The highest BCUT2D eigenvalue weighted by Gasteiger charge is 2.14. The molecular formula is C27H28BO2P. The van der Waals surface area contributed by atoms with Crippen LogP contribution in [0.4, 0.5) is 0 Å². The Kier molecular flexibility index (Phi) is 7.82. The molecule has 0 aliphatic rings. The van der Waals surface area contributed by atoms with Gasteiger partial charge < -0.3 is 10.0 Å². The average molecular weight is 426 g/mol. The maximum Gasteiger partial charge on any atom is 0.488 e. The van der Waals surface area contributed by atoms with Crippen LogP contribution in [0.1, 0.15) is 13.8 Å². The van der Waals surface area contributed by atoms with Crippen molar-refractivity contribution in [1.29, 1.82) is 0 Å². The molecule has 0 fully saturated rings. The van der Waals surface area contributed by atoms with E-state index in [9.17, 15) is 10.0 Å². The van der Waals surface area contributed by atoms with Gasteiger partial charge in [0.15, 0.2) is 0 Å². The second-order valence-corrected chi connectivity index (χ2v) is 6.85. The first-order chi connectivity index (χ1) is 15.2. The summed E-state index contributed by atoms with van der Waals surface area (Å²) in [5.41, 5.74) is 2.75. The van der Waals surface area contributed by atoms with Crippen LogP contribution in [-0.4, -0.2) is 23.8 Å². The highest BCUT2D eigenvalue weighted by Crippen LogP contribution is 2.37. The fourth-order valence-electron chi connectivity index (χ4n) is 3.96. The first kappa shape index (κ1) is 23.0. The largest absolute Gasteiger partial charge is 0.488 e. The number of rotatable bonds is 2. The summed E-state index contributed by atoms with van der Waals surface area (Å²) in [4.78, 5) is 0. The van der Waals surface area contributed by atoms with Crippen molar-refractivity contribution in [2.24, 2.45) is 0 Å². The van der Waals surface area contributed by atoms with Crippen molar-refractivity contribution in [2.45, 2.75) is 13.8 Å². The lowest BCUT2D eigenvalue weighted by atomic mass is 9.78. The van der Waals surface area contributed by atoms with Gasteiger partial charge in [-0.3, -0.25) is 0 Å². The fraction of sp³-hybridized carbons (Fsp3) is 0.111. The van der Waals surface area contributed by atoms with Gasteiger partial charge in [-0.1, -0.05) is 105 Å². The third kappa shape index (κ3) is 4.50. The minimum Gasteiger partial charge on any atom is -0.423 e. The van der Waals surface area contributed by atoms with Crippen molar-refractivity contribution in [1.82, 2.24) is 0 Å². The maximum absolute atomic E-state index is 9.61. The van der Waals surface area contributed by atoms with Crippen molar-refractivity contribution in [2.75, 3.05) is 6.66 Å². The summed E-state index contributed by atoms with van der Waals surface area (Å²) >= 11 is 0. The second-order valence-electron chi connectivity index (χ2n) is 6.85. The minimum absolute atomic E-state index is 0.500. The van der Waals surface area contributed by atoms with Gasteiger partial charge in [0.05, 0.1) is 0 Å². The standard InChI is InChI=1S/C24H17BO2.C2H6.CH5P/c26-25(27)18-13-12-16-7-5-11-22(23(16)15-18)24-14-17-6-1-2-8-19(17)20-9-3-4-10-21(20)24;2*1-2/h1-15,26-27H;1-2H3;2H2,1H3. The molecule has 5 rings (SSSR count). The van der Waals surface area contributed by atoms with Crippen molar-refractivity contribution < 1.29 is 10.0 Å². The molecule has 0 saturated carbocycles. The minimum atomic E-state index is -1.48. The molecule has 0 aliphatic heterocycles. The van der Waals surface area contributed by atoms with E-state index >= 15 is 0 Å². The topological polar surface area (TPSA) is 40.5 Å². The highest BCUT2D eigenvalue weighted by atomic mass is 31.0. The Balaban J connectivity index is 0.000000645. The summed E-state index contributed by atoms with van der Waals surface area (Å²) in [5, 5.41) is 26.2. The molecule has 0 spiro atoms. The molecule has 0 aromatic heterocycles. The molecule has 4 heteroatoms. The molecule has 1 unspecified atom stereocenters. The van der Waals surface area contributed by atoms with E-state index in [0.717, 1.165) is 21.9 Å². The molecule has 31 heavy (non-hydrogen) atoms. The summed E-state index contributed by atoms with van der Waals surface area (Å²) in [6, 6.07) is 30.9. The van der Waals surface area contributed by atoms with E-state index in [0.29, 0.717) is 5.46 Å². The van der Waals surface area contributed by atoms with Crippen LogP contribution in [-0.2, 0) is 0 Å². The van der Waals surface area contributed by atoms with E-state index in [1.165, 1.54) is 21.5 Å². The number of fused-ring (bicyclic) bond motifs is 4. The third-order valence-corrected chi connectivity index (χ3v) is 5.26. The Labute approximate surface area is 186 Å². The lowest BCUT2D eigenvalue weighted by molar-refractivity contribution is 0.426. The molecular weight excluding hydrogens is 398 g/mol. The van der Waals surface area contributed by atoms with Crippen molar-refractivity contribution >= 4 is 54.1 Å². The summed E-state index contributed by atoms with van der Waals surface area (Å²) in [7, 11) is 0.941. The Morgan fingerprint density at radius 2 is 1.16 bits per heavy atom. The smallest absolute Gasteiger partial charge is 0.423 e. The van der Waals surface area contributed by atoms with Crippen LogP contribution in [0.2, 0.25) is 0 Å². The number of hydrogen-bond donors (Lipinski definition) is 2. The SMILES string of the molecule is CC.CP.OB(O)c1ccc2cccc(-c3cc4ccccc4c4ccccc34)c2c1. The maximum atomic E-state index is 9.61. The Morgan fingerprint density at radius 3 is 1.87 bits per heavy atom. The van der Waals surface area contributed by atoms with Crippen molar-refractivity contribution in [3.05, 3.63) is 91.0 Å². The van der Waals surface area contributed by atoms with Crippen LogP contribution in [0.25, 0.3) is 43.4 Å². The van der Waals surface area contributed by atoms with Crippen LogP contribution in [0, 0.1) is 0 Å². The normalized spacial score (nSPS) is 10.3. The zero-order chi connectivity index (χ0) is 22.4. The highest BCUT2D eigenvalue weighted by molar-refractivity contribution is 7.15. The second kappa shape index (κ2) is 10.5. The van der Waals surface area contributed by atoms with E-state index in [1.807, 2.05) is 32.6 Å². The van der Waals surface area contributed by atoms with Gasteiger partial charge in [0.25, 0.3) is 0 Å². The quantitative estimate of drug-likeness (QED) is 0.206. The summed E-state index contributed by atoms with van der Waals surface area (Å²) < 4.78 is 0. The van der Waals surface area contributed by atoms with E-state index < -0.39 is 7.12 Å². The molecule has 0 saturated heterocycles. The van der Waals surface area contributed by atoms with Gasteiger partial charge >= 0.3 is 7.12 Å². The van der Waals surface area contributed by atoms with Crippen molar-refractivity contribution in [3.63, 3.8) is 0 Å². The molecule has 156 valence electrons. The van der Waals surface area contributed by atoms with E-state index in [2.05, 4.69) is 82.0 Å². The molecule has 5 aromatic carbocycles. The Hall–Kier alpha value is -2.71.